The number of hydrogen-bond donors (Lipinski definition) is 6. The third-order valence-corrected chi connectivity index (χ3v) is 7.79. The van der Waals surface area contributed by atoms with Crippen molar-refractivity contribution in [2.24, 2.45) is 0 Å². The van der Waals surface area contributed by atoms with E-state index in [0.717, 1.165) is 0 Å². The molecular weight excluding hydrogens is 608 g/mol. The van der Waals surface area contributed by atoms with E-state index in [9.17, 15) is 50.2 Å². The molecule has 0 fully saturated rings. The quantitative estimate of drug-likeness (QED) is 0.0664. The summed E-state index contributed by atoms with van der Waals surface area (Å²) < 4.78 is 5.49. The number of nitro benzene ring substituents is 2. The zero-order valence-electron chi connectivity index (χ0n) is 22.9. The molecule has 0 radical (unpaired) electrons. The van der Waals surface area contributed by atoms with Crippen LogP contribution in [-0.2, 0) is 14.3 Å². The summed E-state index contributed by atoms with van der Waals surface area (Å²) in [4.78, 5) is 44.8. The van der Waals surface area contributed by atoms with Crippen molar-refractivity contribution in [3.63, 3.8) is 0 Å². The summed E-state index contributed by atoms with van der Waals surface area (Å²) in [5, 5.41) is 66.6. The fraction of sp³-hybridized carbons (Fsp3) is 0.462. The number of nitro groups is 2. The maximum atomic E-state index is 12.2. The standard InChI is InChI=1S/C26H34N4O11S2/c31-13-21(25(35)17-1-5-19(6-2-17)29(37)38)27-23(33)15-42-11-9-41-10-12-43-16-24(34)28-22(14-32)26(36)18-3-7-20(8-4-18)30(39)40/h1-8,21-22,25-26,31-32,35-36H,9-16H2,(H,27,33)(H,28,34)/t21-,22-,25-,26-/m1/s1. The highest BCUT2D eigenvalue weighted by Crippen LogP contribution is 2.22. The van der Waals surface area contributed by atoms with Gasteiger partial charge < -0.3 is 35.8 Å². The second kappa shape index (κ2) is 19.1. The molecule has 236 valence electrons. The molecule has 0 unspecified atom stereocenters. The summed E-state index contributed by atoms with van der Waals surface area (Å²) in [5.41, 5.74) is 0.340. The summed E-state index contributed by atoms with van der Waals surface area (Å²) in [6, 6.07) is 8.35. The number of nitrogens with zero attached hydrogens (tertiary/aromatic N) is 2. The number of carbonyl (C=O) groups excluding carboxylic acids is 2. The van der Waals surface area contributed by atoms with Crippen molar-refractivity contribution in [3.05, 3.63) is 79.9 Å². The summed E-state index contributed by atoms with van der Waals surface area (Å²) >= 11 is 2.56. The molecule has 0 spiro atoms. The third-order valence-electron chi connectivity index (χ3n) is 5.95. The normalized spacial score (nSPS) is 13.9. The van der Waals surface area contributed by atoms with Crippen LogP contribution in [0, 0.1) is 20.2 Å². The Morgan fingerprint density at radius 1 is 0.721 bits per heavy atom. The lowest BCUT2D eigenvalue weighted by molar-refractivity contribution is -0.385. The molecule has 43 heavy (non-hydrogen) atoms. The number of benzene rings is 2. The first-order chi connectivity index (χ1) is 20.6. The average Bonchev–Trinajstić information content (AvgIpc) is 3.01. The van der Waals surface area contributed by atoms with Crippen LogP contribution in [-0.4, -0.2) is 104 Å². The third kappa shape index (κ3) is 12.4. The molecule has 2 rings (SSSR count). The molecule has 6 N–H and O–H groups in total. The molecule has 0 aliphatic carbocycles. The summed E-state index contributed by atoms with van der Waals surface area (Å²) in [6.45, 7) is -0.385. The van der Waals surface area contributed by atoms with Crippen LogP contribution in [0.5, 0.6) is 0 Å². The lowest BCUT2D eigenvalue weighted by Gasteiger charge is -2.22. The lowest BCUT2D eigenvalue weighted by Crippen LogP contribution is -2.42. The second-order valence-electron chi connectivity index (χ2n) is 9.02. The van der Waals surface area contributed by atoms with Crippen molar-refractivity contribution >= 4 is 46.7 Å². The number of amides is 2. The minimum atomic E-state index is -1.25. The van der Waals surface area contributed by atoms with Gasteiger partial charge in [-0.25, -0.2) is 0 Å². The van der Waals surface area contributed by atoms with Crippen LogP contribution in [0.2, 0.25) is 0 Å². The minimum absolute atomic E-state index is 0.0551. The smallest absolute Gasteiger partial charge is 0.269 e. The van der Waals surface area contributed by atoms with Crippen LogP contribution >= 0.6 is 23.5 Å². The van der Waals surface area contributed by atoms with E-state index in [1.165, 1.54) is 72.1 Å². The number of non-ortho nitro benzene ring substituents is 2. The molecule has 17 heteroatoms. The molecule has 15 nitrogen and oxygen atoms in total. The molecule has 0 aliphatic rings. The van der Waals surface area contributed by atoms with Crippen LogP contribution in [0.4, 0.5) is 11.4 Å². The Kier molecular flexibility index (Phi) is 15.9. The predicted octanol–water partition coefficient (Wildman–Crippen LogP) is 0.707. The van der Waals surface area contributed by atoms with E-state index >= 15 is 0 Å². The van der Waals surface area contributed by atoms with Gasteiger partial charge in [0.15, 0.2) is 0 Å². The van der Waals surface area contributed by atoms with Crippen LogP contribution in [0.1, 0.15) is 23.3 Å². The molecule has 0 bridgehead atoms. The number of carbonyl (C=O) groups is 2. The van der Waals surface area contributed by atoms with Gasteiger partial charge in [0.1, 0.15) is 12.2 Å². The van der Waals surface area contributed by atoms with Gasteiger partial charge in [-0.3, -0.25) is 29.8 Å². The zero-order chi connectivity index (χ0) is 31.8. The van der Waals surface area contributed by atoms with E-state index in [4.69, 9.17) is 4.74 Å². The van der Waals surface area contributed by atoms with E-state index in [1.807, 2.05) is 0 Å². The largest absolute Gasteiger partial charge is 0.394 e. The van der Waals surface area contributed by atoms with Crippen molar-refractivity contribution in [1.29, 1.82) is 0 Å². The molecular formula is C26H34N4O11S2. The Balaban J connectivity index is 1.58. The Bertz CT molecular complexity index is 1100. The molecule has 2 aromatic rings. The number of thioether (sulfide) groups is 2. The van der Waals surface area contributed by atoms with Crippen LogP contribution in [0.3, 0.4) is 0 Å². The molecule has 0 aromatic heterocycles. The average molecular weight is 643 g/mol. The molecule has 0 aliphatic heterocycles. The van der Waals surface area contributed by atoms with E-state index in [-0.39, 0.29) is 22.9 Å². The zero-order valence-corrected chi connectivity index (χ0v) is 24.6. The topological polar surface area (TPSA) is 235 Å². The Labute approximate surface area is 255 Å². The molecule has 0 saturated heterocycles. The number of nitrogens with one attached hydrogen (secondary N) is 2. The van der Waals surface area contributed by atoms with Gasteiger partial charge in [0.2, 0.25) is 11.8 Å². The molecule has 2 amide bonds. The SMILES string of the molecule is O=C(CSCCOCCSCC(=O)N[C@H](CO)[C@H](O)c1ccc([N+](=O)[O-])cc1)N[C@H](CO)[C@H](O)c1ccc([N+](=O)[O-])cc1. The monoisotopic (exact) mass is 642 g/mol. The highest BCUT2D eigenvalue weighted by molar-refractivity contribution is 8.00. The number of aliphatic hydroxyl groups is 4. The predicted molar refractivity (Wildman–Crippen MR) is 160 cm³/mol. The maximum Gasteiger partial charge on any atom is 0.269 e. The van der Waals surface area contributed by atoms with Gasteiger partial charge in [0.05, 0.1) is 59.9 Å². The van der Waals surface area contributed by atoms with Crippen molar-refractivity contribution in [2.45, 2.75) is 24.3 Å². The van der Waals surface area contributed by atoms with Gasteiger partial charge in [-0.05, 0) is 35.4 Å². The van der Waals surface area contributed by atoms with E-state index < -0.39 is 59.2 Å². The minimum Gasteiger partial charge on any atom is -0.394 e. The van der Waals surface area contributed by atoms with Gasteiger partial charge in [-0.2, -0.15) is 0 Å². The van der Waals surface area contributed by atoms with Crippen molar-refractivity contribution in [1.82, 2.24) is 10.6 Å². The van der Waals surface area contributed by atoms with E-state index in [2.05, 4.69) is 10.6 Å². The van der Waals surface area contributed by atoms with Crippen LogP contribution in [0.15, 0.2) is 48.5 Å². The first-order valence-corrected chi connectivity index (χ1v) is 15.3. The van der Waals surface area contributed by atoms with Crippen molar-refractivity contribution < 1.29 is 44.6 Å². The first kappa shape index (κ1) is 35.9. The van der Waals surface area contributed by atoms with Gasteiger partial charge >= 0.3 is 0 Å². The van der Waals surface area contributed by atoms with Gasteiger partial charge in [-0.1, -0.05) is 0 Å². The van der Waals surface area contributed by atoms with Crippen molar-refractivity contribution in [2.75, 3.05) is 49.4 Å². The molecule has 0 heterocycles. The lowest BCUT2D eigenvalue weighted by atomic mass is 10.0. The number of ether oxygens (including phenoxy) is 1. The second-order valence-corrected chi connectivity index (χ2v) is 11.2. The van der Waals surface area contributed by atoms with E-state index in [0.29, 0.717) is 35.8 Å². The Morgan fingerprint density at radius 3 is 1.37 bits per heavy atom. The first-order valence-electron chi connectivity index (χ1n) is 13.0. The fourth-order valence-corrected chi connectivity index (χ4v) is 4.96. The van der Waals surface area contributed by atoms with Gasteiger partial charge in [0, 0.05) is 35.8 Å². The Hall–Kier alpha value is -3.32. The number of rotatable bonds is 20. The molecule has 4 atom stereocenters. The number of aliphatic hydroxyl groups excluding tert-OH is 4. The number of hydrogen-bond acceptors (Lipinski definition) is 13. The summed E-state index contributed by atoms with van der Waals surface area (Å²) in [5.74, 6) is 0.273. The summed E-state index contributed by atoms with van der Waals surface area (Å²) in [6.07, 6.45) is -2.50. The maximum absolute atomic E-state index is 12.2. The fourth-order valence-electron chi connectivity index (χ4n) is 3.66. The highest BCUT2D eigenvalue weighted by Gasteiger charge is 2.24. The van der Waals surface area contributed by atoms with E-state index in [1.54, 1.807) is 0 Å². The molecule has 2 aromatic carbocycles. The summed E-state index contributed by atoms with van der Waals surface area (Å²) in [7, 11) is 0. The van der Waals surface area contributed by atoms with Gasteiger partial charge in [0.25, 0.3) is 11.4 Å². The highest BCUT2D eigenvalue weighted by atomic mass is 32.2. The van der Waals surface area contributed by atoms with Crippen LogP contribution < -0.4 is 10.6 Å². The van der Waals surface area contributed by atoms with Crippen LogP contribution in [0.25, 0.3) is 0 Å². The van der Waals surface area contributed by atoms with Gasteiger partial charge in [-0.15, -0.1) is 23.5 Å². The Morgan fingerprint density at radius 2 is 1.07 bits per heavy atom. The van der Waals surface area contributed by atoms with Crippen molar-refractivity contribution in [3.8, 4) is 0 Å². The molecule has 0 saturated carbocycles.